The van der Waals surface area contributed by atoms with Gasteiger partial charge in [-0.1, -0.05) is 35.7 Å². The molecule has 1 aliphatic rings. The van der Waals surface area contributed by atoms with Crippen molar-refractivity contribution in [1.82, 2.24) is 10.2 Å². The normalized spacial score (nSPS) is 15.6. The Morgan fingerprint density at radius 2 is 1.71 bits per heavy atom. The summed E-state index contributed by atoms with van der Waals surface area (Å²) in [6, 6.07) is 11.7. The monoisotopic (exact) mass is 505 g/mol. The van der Waals surface area contributed by atoms with Crippen molar-refractivity contribution in [3.8, 4) is 0 Å². The molecule has 3 rings (SSSR count). The number of carbonyl (C=O) groups is 1. The highest BCUT2D eigenvalue weighted by molar-refractivity contribution is 7.92. The van der Waals surface area contributed by atoms with E-state index in [1.54, 1.807) is 30.3 Å². The van der Waals surface area contributed by atoms with E-state index in [1.807, 2.05) is 12.1 Å². The van der Waals surface area contributed by atoms with E-state index >= 15 is 0 Å². The van der Waals surface area contributed by atoms with Gasteiger partial charge in [-0.05, 0) is 67.9 Å². The SMILES string of the molecule is CS(=O)(=O)Nc1ccc(C(=O)NCC(c2ccc(Cl)cc2Cl)N2CCCCC2)cc1.Cl. The van der Waals surface area contributed by atoms with Gasteiger partial charge in [0.25, 0.3) is 5.91 Å². The number of carbonyl (C=O) groups excluding carboxylic acids is 1. The molecule has 1 fully saturated rings. The van der Waals surface area contributed by atoms with Gasteiger partial charge in [0.1, 0.15) is 0 Å². The third kappa shape index (κ3) is 7.54. The molecule has 0 radical (unpaired) electrons. The van der Waals surface area contributed by atoms with Crippen LogP contribution in [0.15, 0.2) is 42.5 Å². The van der Waals surface area contributed by atoms with E-state index in [2.05, 4.69) is 14.9 Å². The van der Waals surface area contributed by atoms with E-state index in [9.17, 15) is 13.2 Å². The molecule has 2 aromatic rings. The first-order valence-electron chi connectivity index (χ1n) is 9.78. The molecular weight excluding hydrogens is 481 g/mol. The average molecular weight is 507 g/mol. The molecule has 1 atom stereocenters. The molecule has 10 heteroatoms. The number of hydrogen-bond acceptors (Lipinski definition) is 4. The van der Waals surface area contributed by atoms with Crippen molar-refractivity contribution in [3.63, 3.8) is 0 Å². The number of likely N-dealkylation sites (tertiary alicyclic amines) is 1. The molecule has 2 aromatic carbocycles. The van der Waals surface area contributed by atoms with Crippen LogP contribution >= 0.6 is 35.6 Å². The van der Waals surface area contributed by atoms with E-state index < -0.39 is 10.0 Å². The van der Waals surface area contributed by atoms with Gasteiger partial charge in [-0.25, -0.2) is 8.42 Å². The molecule has 6 nitrogen and oxygen atoms in total. The Morgan fingerprint density at radius 3 is 2.29 bits per heavy atom. The van der Waals surface area contributed by atoms with Gasteiger partial charge >= 0.3 is 0 Å². The summed E-state index contributed by atoms with van der Waals surface area (Å²) < 4.78 is 25.0. The van der Waals surface area contributed by atoms with E-state index in [4.69, 9.17) is 23.2 Å². The summed E-state index contributed by atoms with van der Waals surface area (Å²) in [7, 11) is -3.36. The topological polar surface area (TPSA) is 78.5 Å². The number of anilines is 1. The van der Waals surface area contributed by atoms with Crippen LogP contribution in [0.4, 0.5) is 5.69 Å². The summed E-state index contributed by atoms with van der Waals surface area (Å²) >= 11 is 12.5. The number of nitrogens with zero attached hydrogens (tertiary/aromatic N) is 1. The first-order chi connectivity index (χ1) is 14.2. The third-order valence-corrected chi connectivity index (χ3v) is 6.23. The minimum Gasteiger partial charge on any atom is -0.350 e. The molecule has 0 aromatic heterocycles. The zero-order valence-electron chi connectivity index (χ0n) is 17.1. The minimum atomic E-state index is -3.36. The molecular formula is C21H26Cl3N3O3S. The lowest BCUT2D eigenvalue weighted by molar-refractivity contribution is 0.0924. The summed E-state index contributed by atoms with van der Waals surface area (Å²) in [5.41, 5.74) is 1.80. The van der Waals surface area contributed by atoms with Crippen LogP contribution in [-0.4, -0.2) is 45.1 Å². The lowest BCUT2D eigenvalue weighted by atomic mass is 10.0. The Labute approximate surface area is 199 Å². The van der Waals surface area contributed by atoms with Crippen molar-refractivity contribution >= 4 is 57.2 Å². The molecule has 31 heavy (non-hydrogen) atoms. The van der Waals surface area contributed by atoms with Crippen molar-refractivity contribution in [3.05, 3.63) is 63.6 Å². The average Bonchev–Trinajstić information content (AvgIpc) is 2.69. The van der Waals surface area contributed by atoms with Crippen molar-refractivity contribution < 1.29 is 13.2 Å². The van der Waals surface area contributed by atoms with Crippen LogP contribution in [0.5, 0.6) is 0 Å². The number of benzene rings is 2. The van der Waals surface area contributed by atoms with Gasteiger partial charge in [0, 0.05) is 27.8 Å². The first-order valence-corrected chi connectivity index (χ1v) is 12.4. The fourth-order valence-corrected chi connectivity index (χ4v) is 4.73. The summed E-state index contributed by atoms with van der Waals surface area (Å²) in [4.78, 5) is 15.0. The number of piperidine rings is 1. The summed E-state index contributed by atoms with van der Waals surface area (Å²) in [5, 5.41) is 4.16. The first kappa shape index (κ1) is 25.7. The number of amides is 1. The third-order valence-electron chi connectivity index (χ3n) is 5.06. The van der Waals surface area contributed by atoms with Gasteiger partial charge in [0.15, 0.2) is 0 Å². The largest absolute Gasteiger partial charge is 0.350 e. The van der Waals surface area contributed by atoms with Crippen molar-refractivity contribution in [2.45, 2.75) is 25.3 Å². The molecule has 1 aliphatic heterocycles. The number of sulfonamides is 1. The molecule has 1 unspecified atom stereocenters. The highest BCUT2D eigenvalue weighted by atomic mass is 35.5. The molecule has 1 amide bonds. The molecule has 0 saturated carbocycles. The molecule has 0 spiro atoms. The predicted molar refractivity (Wildman–Crippen MR) is 129 cm³/mol. The van der Waals surface area contributed by atoms with Crippen molar-refractivity contribution in [2.75, 3.05) is 30.6 Å². The second-order valence-electron chi connectivity index (χ2n) is 7.44. The van der Waals surface area contributed by atoms with Crippen LogP contribution in [0.3, 0.4) is 0 Å². The van der Waals surface area contributed by atoms with Gasteiger partial charge in [0.2, 0.25) is 10.0 Å². The lowest BCUT2D eigenvalue weighted by Crippen LogP contribution is -2.40. The van der Waals surface area contributed by atoms with E-state index in [-0.39, 0.29) is 24.4 Å². The lowest BCUT2D eigenvalue weighted by Gasteiger charge is -2.35. The summed E-state index contributed by atoms with van der Waals surface area (Å²) in [6.07, 6.45) is 4.52. The maximum absolute atomic E-state index is 12.7. The molecule has 0 aliphatic carbocycles. The predicted octanol–water partition coefficient (Wildman–Crippen LogP) is 4.74. The minimum absolute atomic E-state index is 0. The number of halogens is 3. The van der Waals surface area contributed by atoms with Crippen LogP contribution in [-0.2, 0) is 10.0 Å². The maximum Gasteiger partial charge on any atom is 0.251 e. The molecule has 1 saturated heterocycles. The van der Waals surface area contributed by atoms with Crippen LogP contribution < -0.4 is 10.0 Å². The Bertz CT molecular complexity index is 995. The number of rotatable bonds is 7. The number of hydrogen-bond donors (Lipinski definition) is 2. The molecule has 2 N–H and O–H groups in total. The van der Waals surface area contributed by atoms with Crippen LogP contribution in [0, 0.1) is 0 Å². The second-order valence-corrected chi connectivity index (χ2v) is 10.0. The standard InChI is InChI=1S/C21H25Cl2N3O3S.ClH/c1-30(28,29)25-17-8-5-15(6-9-17)21(27)24-14-20(26-11-3-2-4-12-26)18-10-7-16(22)13-19(18)23;/h5-10,13,20,25H,2-4,11-12,14H2,1H3,(H,24,27);1H. The Balaban J connectivity index is 0.00000341. The zero-order chi connectivity index (χ0) is 21.7. The second kappa shape index (κ2) is 11.4. The van der Waals surface area contributed by atoms with Crippen molar-refractivity contribution in [1.29, 1.82) is 0 Å². The zero-order valence-corrected chi connectivity index (χ0v) is 20.3. The van der Waals surface area contributed by atoms with Crippen LogP contribution in [0.25, 0.3) is 0 Å². The number of nitrogens with one attached hydrogen (secondary N) is 2. The van der Waals surface area contributed by atoms with Crippen LogP contribution in [0.1, 0.15) is 41.2 Å². The fraction of sp³-hybridized carbons (Fsp3) is 0.381. The Morgan fingerprint density at radius 1 is 1.06 bits per heavy atom. The maximum atomic E-state index is 12.7. The van der Waals surface area contributed by atoms with E-state index in [0.29, 0.717) is 27.8 Å². The highest BCUT2D eigenvalue weighted by Crippen LogP contribution is 2.31. The molecule has 170 valence electrons. The van der Waals surface area contributed by atoms with E-state index in [0.717, 1.165) is 37.8 Å². The van der Waals surface area contributed by atoms with Gasteiger partial charge in [-0.15, -0.1) is 12.4 Å². The Hall–Kier alpha value is -1.51. The molecule has 0 bridgehead atoms. The summed E-state index contributed by atoms with van der Waals surface area (Å²) in [5.74, 6) is -0.229. The Kier molecular flexibility index (Phi) is 9.45. The highest BCUT2D eigenvalue weighted by Gasteiger charge is 2.25. The van der Waals surface area contributed by atoms with Gasteiger partial charge in [-0.3, -0.25) is 14.4 Å². The quantitative estimate of drug-likeness (QED) is 0.568. The molecule has 1 heterocycles. The van der Waals surface area contributed by atoms with Gasteiger partial charge in [0.05, 0.1) is 12.3 Å². The smallest absolute Gasteiger partial charge is 0.251 e. The van der Waals surface area contributed by atoms with Crippen LogP contribution in [0.2, 0.25) is 10.0 Å². The van der Waals surface area contributed by atoms with Crippen molar-refractivity contribution in [2.24, 2.45) is 0 Å². The van der Waals surface area contributed by atoms with E-state index in [1.165, 1.54) is 6.42 Å². The van der Waals surface area contributed by atoms with Gasteiger partial charge < -0.3 is 5.32 Å². The fourth-order valence-electron chi connectivity index (χ4n) is 3.63. The van der Waals surface area contributed by atoms with Gasteiger partial charge in [-0.2, -0.15) is 0 Å². The summed E-state index contributed by atoms with van der Waals surface area (Å²) in [6.45, 7) is 2.31.